The normalized spacial score (nSPS) is 10.6. The Morgan fingerprint density at radius 2 is 1.85 bits per heavy atom. The van der Waals surface area contributed by atoms with E-state index in [2.05, 4.69) is 0 Å². The van der Waals surface area contributed by atoms with Crippen LogP contribution in [0.1, 0.15) is 30.6 Å². The molecule has 0 spiro atoms. The van der Waals surface area contributed by atoms with Crippen LogP contribution < -0.4 is 0 Å². The number of carbonyl (C=O) groups excluding carboxylic acids is 1. The lowest BCUT2D eigenvalue weighted by molar-refractivity contribution is -0.137. The summed E-state index contributed by atoms with van der Waals surface area (Å²) >= 11 is 1.62. The van der Waals surface area contributed by atoms with Crippen molar-refractivity contribution in [2.24, 2.45) is 5.92 Å². The number of hydrogen-bond donors (Lipinski definition) is 1. The molecule has 1 amide bonds. The maximum Gasteiger partial charge on any atom is 0.305 e. The van der Waals surface area contributed by atoms with Gasteiger partial charge in [-0.2, -0.15) is 0 Å². The highest BCUT2D eigenvalue weighted by atomic mass is 32.2. The van der Waals surface area contributed by atoms with E-state index in [1.165, 1.54) is 0 Å². The molecule has 4 nitrogen and oxygen atoms in total. The first kappa shape index (κ1) is 16.6. The van der Waals surface area contributed by atoms with E-state index in [9.17, 15) is 9.59 Å². The average molecular weight is 295 g/mol. The van der Waals surface area contributed by atoms with Crippen molar-refractivity contribution >= 4 is 23.6 Å². The molecule has 0 atom stereocenters. The van der Waals surface area contributed by atoms with Gasteiger partial charge in [-0.3, -0.25) is 9.59 Å². The minimum absolute atomic E-state index is 0.0264. The topological polar surface area (TPSA) is 57.6 Å². The predicted molar refractivity (Wildman–Crippen MR) is 81.2 cm³/mol. The van der Waals surface area contributed by atoms with Gasteiger partial charge in [0.15, 0.2) is 0 Å². The fraction of sp³-hybridized carbons (Fsp3) is 0.467. The molecule has 110 valence electrons. The Morgan fingerprint density at radius 3 is 2.30 bits per heavy atom. The second kappa shape index (κ2) is 7.94. The van der Waals surface area contributed by atoms with E-state index in [4.69, 9.17) is 5.11 Å². The van der Waals surface area contributed by atoms with Crippen molar-refractivity contribution in [2.45, 2.75) is 25.2 Å². The van der Waals surface area contributed by atoms with Gasteiger partial charge in [-0.1, -0.05) is 13.8 Å². The lowest BCUT2D eigenvalue weighted by atomic mass is 10.1. The zero-order valence-corrected chi connectivity index (χ0v) is 12.9. The monoisotopic (exact) mass is 295 g/mol. The first-order chi connectivity index (χ1) is 9.43. The van der Waals surface area contributed by atoms with E-state index >= 15 is 0 Å². The lowest BCUT2D eigenvalue weighted by Crippen LogP contribution is -2.35. The van der Waals surface area contributed by atoms with Gasteiger partial charge in [0, 0.05) is 23.5 Å². The van der Waals surface area contributed by atoms with Crippen LogP contribution in [0.2, 0.25) is 0 Å². The Morgan fingerprint density at radius 1 is 1.25 bits per heavy atom. The van der Waals surface area contributed by atoms with Crippen LogP contribution in [-0.2, 0) is 4.79 Å². The number of rotatable bonds is 7. The zero-order chi connectivity index (χ0) is 15.1. The number of thioether (sulfide) groups is 1. The van der Waals surface area contributed by atoms with Crippen LogP contribution in [-0.4, -0.2) is 41.2 Å². The molecule has 0 aliphatic carbocycles. The third-order valence-corrected chi connectivity index (χ3v) is 3.55. The van der Waals surface area contributed by atoms with Crippen molar-refractivity contribution < 1.29 is 14.7 Å². The van der Waals surface area contributed by atoms with Gasteiger partial charge in [-0.15, -0.1) is 11.8 Å². The Balaban J connectivity index is 2.81. The molecule has 1 N–H and O–H groups in total. The van der Waals surface area contributed by atoms with Gasteiger partial charge in [0.1, 0.15) is 0 Å². The minimum atomic E-state index is -0.885. The quantitative estimate of drug-likeness (QED) is 0.786. The SMILES string of the molecule is CSc1ccc(C(=O)N(CCC(=O)O)CC(C)C)cc1. The van der Waals surface area contributed by atoms with Crippen LogP contribution in [0.15, 0.2) is 29.2 Å². The van der Waals surface area contributed by atoms with E-state index < -0.39 is 5.97 Å². The van der Waals surface area contributed by atoms with Gasteiger partial charge < -0.3 is 10.0 Å². The van der Waals surface area contributed by atoms with Gasteiger partial charge >= 0.3 is 5.97 Å². The summed E-state index contributed by atoms with van der Waals surface area (Å²) in [6, 6.07) is 7.40. The summed E-state index contributed by atoms with van der Waals surface area (Å²) < 4.78 is 0. The van der Waals surface area contributed by atoms with Crippen LogP contribution in [0, 0.1) is 5.92 Å². The number of hydrogen-bond acceptors (Lipinski definition) is 3. The van der Waals surface area contributed by atoms with Crippen LogP contribution in [0.4, 0.5) is 0 Å². The van der Waals surface area contributed by atoms with E-state index in [0.29, 0.717) is 18.0 Å². The van der Waals surface area contributed by atoms with Crippen LogP contribution in [0.25, 0.3) is 0 Å². The second-order valence-electron chi connectivity index (χ2n) is 5.02. The lowest BCUT2D eigenvalue weighted by Gasteiger charge is -2.24. The highest BCUT2D eigenvalue weighted by Gasteiger charge is 2.17. The van der Waals surface area contributed by atoms with Crippen molar-refractivity contribution in [3.63, 3.8) is 0 Å². The fourth-order valence-corrected chi connectivity index (χ4v) is 2.27. The minimum Gasteiger partial charge on any atom is -0.481 e. The van der Waals surface area contributed by atoms with Crippen LogP contribution in [0.5, 0.6) is 0 Å². The van der Waals surface area contributed by atoms with Crippen molar-refractivity contribution in [1.29, 1.82) is 0 Å². The van der Waals surface area contributed by atoms with Gasteiger partial charge in [0.05, 0.1) is 6.42 Å². The first-order valence-electron chi connectivity index (χ1n) is 6.59. The van der Waals surface area contributed by atoms with Gasteiger partial charge in [0.25, 0.3) is 5.91 Å². The first-order valence-corrected chi connectivity index (χ1v) is 7.81. The van der Waals surface area contributed by atoms with Crippen molar-refractivity contribution in [3.8, 4) is 0 Å². The molecule has 0 radical (unpaired) electrons. The molecular weight excluding hydrogens is 274 g/mol. The molecule has 0 bridgehead atoms. The predicted octanol–water partition coefficient (Wildman–Crippen LogP) is 2.98. The largest absolute Gasteiger partial charge is 0.481 e. The average Bonchev–Trinajstić information content (AvgIpc) is 2.42. The Labute approximate surface area is 124 Å². The number of carboxylic acids is 1. The number of aliphatic carboxylic acids is 1. The summed E-state index contributed by atoms with van der Waals surface area (Å²) in [5, 5.41) is 8.78. The molecule has 0 saturated heterocycles. The van der Waals surface area contributed by atoms with Crippen LogP contribution >= 0.6 is 11.8 Å². The van der Waals surface area contributed by atoms with Gasteiger partial charge in [0.2, 0.25) is 0 Å². The highest BCUT2D eigenvalue weighted by Crippen LogP contribution is 2.16. The molecule has 0 saturated carbocycles. The maximum atomic E-state index is 12.4. The molecule has 5 heteroatoms. The van der Waals surface area contributed by atoms with E-state index in [1.54, 1.807) is 28.8 Å². The Bertz CT molecular complexity index is 457. The summed E-state index contributed by atoms with van der Waals surface area (Å²) in [7, 11) is 0. The molecule has 0 aliphatic rings. The van der Waals surface area contributed by atoms with Gasteiger partial charge in [-0.05, 0) is 36.4 Å². The second-order valence-corrected chi connectivity index (χ2v) is 5.90. The molecule has 1 rings (SSSR count). The number of benzene rings is 1. The molecule has 0 aliphatic heterocycles. The number of carbonyl (C=O) groups is 2. The third kappa shape index (κ3) is 5.25. The van der Waals surface area contributed by atoms with Crippen molar-refractivity contribution in [2.75, 3.05) is 19.3 Å². The Hall–Kier alpha value is -1.49. The standard InChI is InChI=1S/C15H21NO3S/c1-11(2)10-16(9-8-14(17)18)15(19)12-4-6-13(20-3)7-5-12/h4-7,11H,8-10H2,1-3H3,(H,17,18). The molecular formula is C15H21NO3S. The van der Waals surface area contributed by atoms with Crippen molar-refractivity contribution in [3.05, 3.63) is 29.8 Å². The summed E-state index contributed by atoms with van der Waals surface area (Å²) in [6.45, 7) is 4.84. The molecule has 1 aromatic rings. The van der Waals surface area contributed by atoms with Crippen LogP contribution in [0.3, 0.4) is 0 Å². The summed E-state index contributed by atoms with van der Waals surface area (Å²) in [6.07, 6.45) is 1.95. The zero-order valence-electron chi connectivity index (χ0n) is 12.1. The molecule has 0 unspecified atom stereocenters. The molecule has 0 aromatic heterocycles. The van der Waals surface area contributed by atoms with Crippen molar-refractivity contribution in [1.82, 2.24) is 4.90 Å². The van der Waals surface area contributed by atoms with E-state index in [1.807, 2.05) is 32.2 Å². The third-order valence-electron chi connectivity index (χ3n) is 2.81. The molecule has 1 aromatic carbocycles. The number of nitrogens with zero attached hydrogens (tertiary/aromatic N) is 1. The highest BCUT2D eigenvalue weighted by molar-refractivity contribution is 7.98. The Kier molecular flexibility index (Phi) is 6.58. The van der Waals surface area contributed by atoms with Gasteiger partial charge in [-0.25, -0.2) is 0 Å². The molecule has 20 heavy (non-hydrogen) atoms. The maximum absolute atomic E-state index is 12.4. The smallest absolute Gasteiger partial charge is 0.305 e. The molecule has 0 fully saturated rings. The molecule has 0 heterocycles. The number of amides is 1. The summed E-state index contributed by atoms with van der Waals surface area (Å²) in [5.41, 5.74) is 0.605. The number of carboxylic acid groups (broad SMARTS) is 1. The van der Waals surface area contributed by atoms with E-state index in [-0.39, 0.29) is 18.9 Å². The summed E-state index contributed by atoms with van der Waals surface area (Å²) in [4.78, 5) is 25.8. The van der Waals surface area contributed by atoms with E-state index in [0.717, 1.165) is 4.90 Å². The summed E-state index contributed by atoms with van der Waals surface area (Å²) in [5.74, 6) is -0.685. The fourth-order valence-electron chi connectivity index (χ4n) is 1.86.